The summed E-state index contributed by atoms with van der Waals surface area (Å²) in [6.45, 7) is 2.47. The first-order valence-electron chi connectivity index (χ1n) is 4.80. The molecule has 0 saturated carbocycles. The van der Waals surface area contributed by atoms with E-state index in [9.17, 15) is 0 Å². The van der Waals surface area contributed by atoms with Gasteiger partial charge in [0, 0.05) is 12.1 Å². The van der Waals surface area contributed by atoms with Crippen LogP contribution < -0.4 is 5.32 Å². The van der Waals surface area contributed by atoms with E-state index >= 15 is 0 Å². The van der Waals surface area contributed by atoms with Crippen molar-refractivity contribution in [1.82, 2.24) is 15.1 Å². The Morgan fingerprint density at radius 1 is 1.38 bits per heavy atom. The van der Waals surface area contributed by atoms with E-state index in [0.29, 0.717) is 6.54 Å². The van der Waals surface area contributed by atoms with Gasteiger partial charge < -0.3 is 9.84 Å². The fraction of sp³-hybridized carbons (Fsp3) is 0.300. The number of thioether (sulfide) groups is 1. The van der Waals surface area contributed by atoms with Crippen LogP contribution in [-0.2, 0) is 6.54 Å². The molecule has 0 saturated heterocycles. The van der Waals surface area contributed by atoms with Crippen molar-refractivity contribution in [3.8, 4) is 0 Å². The van der Waals surface area contributed by atoms with Crippen LogP contribution in [0.2, 0.25) is 0 Å². The highest BCUT2D eigenvalue weighted by molar-refractivity contribution is 7.98. The normalized spacial score (nSPS) is 10.4. The molecule has 5 nitrogen and oxygen atoms in total. The van der Waals surface area contributed by atoms with Gasteiger partial charge in [0.05, 0.1) is 12.2 Å². The molecule has 16 heavy (non-hydrogen) atoms. The second-order valence-corrected chi connectivity index (χ2v) is 4.06. The lowest BCUT2D eigenvalue weighted by Crippen LogP contribution is -2.00. The summed E-state index contributed by atoms with van der Waals surface area (Å²) >= 11 is 1.58. The Morgan fingerprint density at radius 2 is 2.25 bits per heavy atom. The molecular formula is C10H12N4OS. The first-order chi connectivity index (χ1) is 7.78. The average Bonchev–Trinajstić information content (AvgIpc) is 2.73. The summed E-state index contributed by atoms with van der Waals surface area (Å²) in [7, 11) is 0. The number of anilines is 1. The van der Waals surface area contributed by atoms with E-state index in [1.165, 1.54) is 0 Å². The molecule has 2 aromatic heterocycles. The van der Waals surface area contributed by atoms with Crippen molar-refractivity contribution < 1.29 is 4.52 Å². The predicted molar refractivity (Wildman–Crippen MR) is 62.4 cm³/mol. The van der Waals surface area contributed by atoms with E-state index in [2.05, 4.69) is 20.4 Å². The highest BCUT2D eigenvalue weighted by Crippen LogP contribution is 2.14. The van der Waals surface area contributed by atoms with E-state index in [4.69, 9.17) is 4.52 Å². The Kier molecular flexibility index (Phi) is 3.40. The van der Waals surface area contributed by atoms with Crippen molar-refractivity contribution in [2.75, 3.05) is 11.6 Å². The molecule has 2 rings (SSSR count). The lowest BCUT2D eigenvalue weighted by molar-refractivity contribution is 0.384. The van der Waals surface area contributed by atoms with Crippen LogP contribution in [0.25, 0.3) is 0 Å². The van der Waals surface area contributed by atoms with E-state index in [1.807, 2.05) is 25.3 Å². The van der Waals surface area contributed by atoms with Crippen molar-refractivity contribution in [2.45, 2.75) is 18.5 Å². The Labute approximate surface area is 97.7 Å². The van der Waals surface area contributed by atoms with Crippen LogP contribution in [0.4, 0.5) is 5.82 Å². The number of nitrogens with zero attached hydrogens (tertiary/aromatic N) is 3. The van der Waals surface area contributed by atoms with Gasteiger partial charge >= 0.3 is 0 Å². The molecule has 0 amide bonds. The largest absolute Gasteiger partial charge is 0.363 e. The standard InChI is InChI=1S/C10H12N4OS/c1-7-3-8(15-14-7)5-11-9-4-10(16-2)13-6-12-9/h3-4,6H,5H2,1-2H3,(H,11,12,13). The third-order valence-corrected chi connectivity index (χ3v) is 2.61. The first-order valence-corrected chi connectivity index (χ1v) is 6.02. The minimum absolute atomic E-state index is 0.575. The van der Waals surface area contributed by atoms with Gasteiger partial charge in [-0.2, -0.15) is 0 Å². The molecule has 0 aliphatic heterocycles. The van der Waals surface area contributed by atoms with Crippen molar-refractivity contribution in [3.05, 3.63) is 29.9 Å². The van der Waals surface area contributed by atoms with Crippen molar-refractivity contribution in [2.24, 2.45) is 0 Å². The van der Waals surface area contributed by atoms with E-state index in [0.717, 1.165) is 22.3 Å². The van der Waals surface area contributed by atoms with E-state index in [1.54, 1.807) is 18.1 Å². The summed E-state index contributed by atoms with van der Waals surface area (Å²) in [5, 5.41) is 7.90. The van der Waals surface area contributed by atoms with Crippen LogP contribution in [0, 0.1) is 6.92 Å². The van der Waals surface area contributed by atoms with Crippen LogP contribution in [0.1, 0.15) is 11.5 Å². The van der Waals surface area contributed by atoms with Gasteiger partial charge in [0.2, 0.25) is 0 Å². The molecule has 1 N–H and O–H groups in total. The van der Waals surface area contributed by atoms with E-state index in [-0.39, 0.29) is 0 Å². The minimum Gasteiger partial charge on any atom is -0.363 e. The Bertz CT molecular complexity index is 471. The molecule has 0 aliphatic rings. The monoisotopic (exact) mass is 236 g/mol. The van der Waals surface area contributed by atoms with Gasteiger partial charge in [-0.1, -0.05) is 5.16 Å². The summed E-state index contributed by atoms with van der Waals surface area (Å²) in [6, 6.07) is 3.79. The number of aromatic nitrogens is 3. The average molecular weight is 236 g/mol. The zero-order valence-corrected chi connectivity index (χ0v) is 9.91. The summed E-state index contributed by atoms with van der Waals surface area (Å²) in [4.78, 5) is 8.20. The molecule has 0 unspecified atom stereocenters. The third-order valence-electron chi connectivity index (χ3n) is 1.97. The van der Waals surface area contributed by atoms with Crippen molar-refractivity contribution in [3.63, 3.8) is 0 Å². The van der Waals surface area contributed by atoms with Gasteiger partial charge in [0.15, 0.2) is 5.76 Å². The Balaban J connectivity index is 1.99. The second-order valence-electron chi connectivity index (χ2n) is 3.23. The topological polar surface area (TPSA) is 63.8 Å². The van der Waals surface area contributed by atoms with E-state index < -0.39 is 0 Å². The molecule has 0 fully saturated rings. The fourth-order valence-corrected chi connectivity index (χ4v) is 1.61. The second kappa shape index (κ2) is 4.98. The number of hydrogen-bond acceptors (Lipinski definition) is 6. The number of nitrogens with one attached hydrogen (secondary N) is 1. The van der Waals surface area contributed by atoms with Gasteiger partial charge in [-0.05, 0) is 13.2 Å². The Hall–Kier alpha value is -1.56. The maximum Gasteiger partial charge on any atom is 0.156 e. The van der Waals surface area contributed by atoms with Crippen LogP contribution in [0.3, 0.4) is 0 Å². The van der Waals surface area contributed by atoms with Gasteiger partial charge in [-0.3, -0.25) is 0 Å². The van der Waals surface area contributed by atoms with Gasteiger partial charge in [0.25, 0.3) is 0 Å². The third kappa shape index (κ3) is 2.73. The molecule has 84 valence electrons. The Morgan fingerprint density at radius 3 is 2.94 bits per heavy atom. The first kappa shape index (κ1) is 10.9. The summed E-state index contributed by atoms with van der Waals surface area (Å²) in [6.07, 6.45) is 3.52. The molecule has 6 heteroatoms. The molecule has 0 radical (unpaired) electrons. The van der Waals surface area contributed by atoms with Crippen LogP contribution >= 0.6 is 11.8 Å². The minimum atomic E-state index is 0.575. The SMILES string of the molecule is CSc1cc(NCc2cc(C)no2)ncn1. The lowest BCUT2D eigenvalue weighted by atomic mass is 10.4. The van der Waals surface area contributed by atoms with Gasteiger partial charge in [-0.15, -0.1) is 11.8 Å². The maximum absolute atomic E-state index is 5.08. The number of aryl methyl sites for hydroxylation is 1. The number of rotatable bonds is 4. The number of hydrogen-bond donors (Lipinski definition) is 1. The van der Waals surface area contributed by atoms with Gasteiger partial charge in [-0.25, -0.2) is 9.97 Å². The quantitative estimate of drug-likeness (QED) is 0.648. The zero-order chi connectivity index (χ0) is 11.4. The molecular weight excluding hydrogens is 224 g/mol. The van der Waals surface area contributed by atoms with Crippen molar-refractivity contribution in [1.29, 1.82) is 0 Å². The summed E-state index contributed by atoms with van der Waals surface area (Å²) in [5.74, 6) is 1.58. The summed E-state index contributed by atoms with van der Waals surface area (Å²) < 4.78 is 5.08. The molecule has 2 aromatic rings. The predicted octanol–water partition coefficient (Wildman–Crippen LogP) is 2.11. The van der Waals surface area contributed by atoms with Gasteiger partial charge in [0.1, 0.15) is 17.2 Å². The summed E-state index contributed by atoms with van der Waals surface area (Å²) in [5.41, 5.74) is 0.879. The van der Waals surface area contributed by atoms with Crippen LogP contribution in [0.15, 0.2) is 28.0 Å². The smallest absolute Gasteiger partial charge is 0.156 e. The van der Waals surface area contributed by atoms with Crippen molar-refractivity contribution >= 4 is 17.6 Å². The van der Waals surface area contributed by atoms with Crippen LogP contribution in [0.5, 0.6) is 0 Å². The molecule has 0 atom stereocenters. The lowest BCUT2D eigenvalue weighted by Gasteiger charge is -2.03. The zero-order valence-electron chi connectivity index (χ0n) is 9.10. The van der Waals surface area contributed by atoms with Crippen LogP contribution in [-0.4, -0.2) is 21.4 Å². The molecule has 0 aromatic carbocycles. The maximum atomic E-state index is 5.08. The molecule has 0 bridgehead atoms. The molecule has 0 aliphatic carbocycles. The molecule has 0 spiro atoms. The molecule has 2 heterocycles. The highest BCUT2D eigenvalue weighted by atomic mass is 32.2. The fourth-order valence-electron chi connectivity index (χ4n) is 1.23. The highest BCUT2D eigenvalue weighted by Gasteiger charge is 2.01.